The van der Waals surface area contributed by atoms with Crippen LogP contribution in [-0.4, -0.2) is 46.8 Å². The van der Waals surface area contributed by atoms with Crippen LogP contribution < -0.4 is 57.1 Å². The van der Waals surface area contributed by atoms with E-state index in [-0.39, 0.29) is 58.0 Å². The fraction of sp³-hybridized carbons (Fsp3) is 0.714. The van der Waals surface area contributed by atoms with Crippen LogP contribution in [0.1, 0.15) is 13.8 Å². The topological polar surface area (TPSA) is 121 Å². The van der Waals surface area contributed by atoms with Crippen molar-refractivity contribution in [2.24, 2.45) is 5.73 Å². The maximum absolute atomic E-state index is 9.45. The molecule has 5 N–H and O–H groups in total. The zero-order valence-corrected chi connectivity index (χ0v) is 11.9. The number of hydrogen-bond donors (Lipinski definition) is 4. The summed E-state index contributed by atoms with van der Waals surface area (Å²) in [5.74, 6) is -1.19. The number of aliphatic carboxylic acids is 1. The summed E-state index contributed by atoms with van der Waals surface area (Å²) in [6.45, 7) is 2.99. The summed E-state index contributed by atoms with van der Waals surface area (Å²) in [7, 11) is 0. The molecular weight excluding hydrogens is 217 g/mol. The van der Waals surface area contributed by atoms with Crippen LogP contribution >= 0.6 is 0 Å². The Morgan fingerprint density at radius 2 is 1.71 bits per heavy atom. The molecule has 7 heteroatoms. The smallest absolute Gasteiger partial charge is 0.542 e. The molecule has 0 aliphatic rings. The molecule has 0 amide bonds. The summed E-state index contributed by atoms with van der Waals surface area (Å²) in [5, 5.41) is 23.5. The third-order valence-corrected chi connectivity index (χ3v) is 0.486. The molecule has 0 aliphatic heterocycles. The molecule has 0 fully saturated rings. The number of rotatable bonds is 2. The molecule has 1 unspecified atom stereocenters. The Kier molecular flexibility index (Phi) is 40.3. The first-order valence-electron chi connectivity index (χ1n) is 3.48. The first-order chi connectivity index (χ1) is 5.97. The number of aliphatic hydroxyl groups excluding tert-OH is 2. The summed E-state index contributed by atoms with van der Waals surface area (Å²) in [5.41, 5.74) is 4.78. The van der Waals surface area contributed by atoms with Crippen LogP contribution in [0, 0.1) is 0 Å². The summed E-state index contributed by atoms with van der Waals surface area (Å²) in [6, 6.07) is 0. The van der Waals surface area contributed by atoms with Crippen LogP contribution in [0.2, 0.25) is 0 Å². The third-order valence-electron chi connectivity index (χ3n) is 0.486. The second-order valence-electron chi connectivity index (χ2n) is 1.73. The normalized spacial score (nSPS) is 8.93. The van der Waals surface area contributed by atoms with E-state index in [1.807, 2.05) is 0 Å². The quantitative estimate of drug-likeness (QED) is 0.282. The van der Waals surface area contributed by atoms with Crippen molar-refractivity contribution in [3.8, 4) is 0 Å². The van der Waals surface area contributed by atoms with E-state index in [0.717, 1.165) is 0 Å². The number of aliphatic hydroxyl groups is 2. The van der Waals surface area contributed by atoms with E-state index in [2.05, 4.69) is 0 Å². The van der Waals surface area contributed by atoms with Gasteiger partial charge in [0.1, 0.15) is 6.10 Å². The third kappa shape index (κ3) is 53.7. The Balaban J connectivity index is -0.0000000553. The number of carbonyl (C=O) groups is 1. The fourth-order valence-corrected chi connectivity index (χ4v) is 0. The number of carboxylic acids is 1. The van der Waals surface area contributed by atoms with Crippen LogP contribution in [0.4, 0.5) is 0 Å². The van der Waals surface area contributed by atoms with Crippen molar-refractivity contribution in [1.29, 1.82) is 0 Å². The van der Waals surface area contributed by atoms with Gasteiger partial charge in [-0.2, -0.15) is 6.92 Å². The molecule has 0 saturated carbocycles. The van der Waals surface area contributed by atoms with Gasteiger partial charge in [0.05, 0.1) is 6.61 Å². The molecule has 0 aromatic rings. The number of carbonyl (C=O) groups excluding carboxylic acids is 1. The molecule has 0 radical (unpaired) electrons. The predicted molar refractivity (Wildman–Crippen MR) is 46.8 cm³/mol. The van der Waals surface area contributed by atoms with Crippen molar-refractivity contribution >= 4 is 12.3 Å². The van der Waals surface area contributed by atoms with E-state index in [4.69, 9.17) is 25.8 Å². The van der Waals surface area contributed by atoms with Crippen LogP contribution in [0.15, 0.2) is 0 Å². The van der Waals surface area contributed by atoms with Crippen molar-refractivity contribution in [3.63, 3.8) is 0 Å². The van der Waals surface area contributed by atoms with Gasteiger partial charge in [0.2, 0.25) is 0 Å². The van der Waals surface area contributed by atoms with Crippen LogP contribution in [0.25, 0.3) is 0 Å². The minimum Gasteiger partial charge on any atom is -0.542 e. The molecule has 0 aliphatic carbocycles. The van der Waals surface area contributed by atoms with Gasteiger partial charge in [-0.3, -0.25) is 6.29 Å². The first kappa shape index (κ1) is 24.1. The zero-order chi connectivity index (χ0) is 11.3. The predicted octanol–water partition coefficient (Wildman–Crippen LogP) is -4.49. The SMILES string of the molecule is CC(O)C(=O)O.C[C-]=O.NCCO.[K+]. The molecule has 0 bridgehead atoms. The van der Waals surface area contributed by atoms with Gasteiger partial charge in [-0.15, -0.1) is 0 Å². The Labute approximate surface area is 126 Å². The van der Waals surface area contributed by atoms with Crippen LogP contribution in [0.5, 0.6) is 0 Å². The standard InChI is InChI=1S/C3H6O3.C2H7NO.C2H3O.K/c1-2(4)3(5)6;3-1-2-4;1-2-3;/h2,4H,1H3,(H,5,6);4H,1-3H2;1H3;/q;;-1;+1. The van der Waals surface area contributed by atoms with Gasteiger partial charge in [-0.1, -0.05) is 0 Å². The summed E-state index contributed by atoms with van der Waals surface area (Å²) >= 11 is 0. The molecule has 6 nitrogen and oxygen atoms in total. The molecule has 1 atom stereocenters. The molecule has 0 saturated heterocycles. The van der Waals surface area contributed by atoms with Crippen molar-refractivity contribution in [2.45, 2.75) is 20.0 Å². The molecule has 0 aromatic heterocycles. The van der Waals surface area contributed by atoms with Gasteiger partial charge in [-0.05, 0) is 6.92 Å². The van der Waals surface area contributed by atoms with Crippen LogP contribution in [-0.2, 0) is 9.59 Å². The molecule has 0 aromatic carbocycles. The second-order valence-corrected chi connectivity index (χ2v) is 1.73. The van der Waals surface area contributed by atoms with Gasteiger partial charge in [0.25, 0.3) is 0 Å². The van der Waals surface area contributed by atoms with E-state index in [0.29, 0.717) is 6.54 Å². The van der Waals surface area contributed by atoms with Crippen molar-refractivity contribution in [3.05, 3.63) is 0 Å². The molecule has 0 spiro atoms. The van der Waals surface area contributed by atoms with E-state index in [1.165, 1.54) is 20.1 Å². The number of carboxylic acid groups (broad SMARTS) is 1. The van der Waals surface area contributed by atoms with Crippen molar-refractivity contribution < 1.29 is 76.3 Å². The molecule has 14 heavy (non-hydrogen) atoms. The Morgan fingerprint density at radius 1 is 1.57 bits per heavy atom. The van der Waals surface area contributed by atoms with Gasteiger partial charge in [0, 0.05) is 6.54 Å². The summed E-state index contributed by atoms with van der Waals surface area (Å²) in [6.07, 6.45) is 0.269. The monoisotopic (exact) mass is 233 g/mol. The second kappa shape index (κ2) is 23.5. The summed E-state index contributed by atoms with van der Waals surface area (Å²) < 4.78 is 0. The van der Waals surface area contributed by atoms with Gasteiger partial charge in [0.15, 0.2) is 0 Å². The Bertz CT molecular complexity index is 119. The van der Waals surface area contributed by atoms with Crippen molar-refractivity contribution in [1.82, 2.24) is 0 Å². The minimum atomic E-state index is -1.23. The van der Waals surface area contributed by atoms with E-state index < -0.39 is 12.1 Å². The van der Waals surface area contributed by atoms with Gasteiger partial charge in [-0.25, -0.2) is 4.79 Å². The van der Waals surface area contributed by atoms with Gasteiger partial charge < -0.3 is 25.8 Å². The maximum atomic E-state index is 9.45. The Hall–Kier alpha value is 0.656. The minimum absolute atomic E-state index is 0. The number of hydrogen-bond acceptors (Lipinski definition) is 5. The van der Waals surface area contributed by atoms with Gasteiger partial charge >= 0.3 is 57.4 Å². The molecular formula is C7H16KNO5. The van der Waals surface area contributed by atoms with Crippen molar-refractivity contribution in [2.75, 3.05) is 13.2 Å². The van der Waals surface area contributed by atoms with E-state index in [1.54, 1.807) is 0 Å². The Morgan fingerprint density at radius 3 is 1.71 bits per heavy atom. The maximum Gasteiger partial charge on any atom is 1.00 e. The molecule has 0 heterocycles. The fourth-order valence-electron chi connectivity index (χ4n) is 0. The van der Waals surface area contributed by atoms with E-state index >= 15 is 0 Å². The average Bonchev–Trinajstić information content (AvgIpc) is 2.06. The summed E-state index contributed by atoms with van der Waals surface area (Å²) in [4.78, 5) is 18.1. The first-order valence-corrected chi connectivity index (χ1v) is 3.48. The number of nitrogens with two attached hydrogens (primary N) is 1. The van der Waals surface area contributed by atoms with Crippen LogP contribution in [0.3, 0.4) is 0 Å². The average molecular weight is 233 g/mol. The zero-order valence-electron chi connectivity index (χ0n) is 8.73. The largest absolute Gasteiger partial charge is 1.00 e. The molecule has 0 rings (SSSR count). The molecule has 80 valence electrons. The van der Waals surface area contributed by atoms with E-state index in [9.17, 15) is 4.79 Å².